The van der Waals surface area contributed by atoms with Gasteiger partial charge in [0.1, 0.15) is 0 Å². The molecule has 0 unspecified atom stereocenters. The molecule has 158 valence electrons. The number of hydrogen-bond acceptors (Lipinski definition) is 3. The molecule has 0 atom stereocenters. The number of piperidine rings is 1. The quantitative estimate of drug-likeness (QED) is 0.818. The number of likely N-dealkylation sites (tertiary alicyclic amines) is 1. The lowest BCUT2D eigenvalue weighted by Crippen LogP contribution is -2.46. The number of nitrogens with one attached hydrogen (secondary N) is 1. The van der Waals surface area contributed by atoms with E-state index in [2.05, 4.69) is 29.6 Å². The van der Waals surface area contributed by atoms with Gasteiger partial charge in [-0.15, -0.1) is 0 Å². The fourth-order valence-electron chi connectivity index (χ4n) is 4.82. The van der Waals surface area contributed by atoms with Crippen LogP contribution in [0.4, 0.5) is 5.69 Å². The number of para-hydroxylation sites is 1. The standard InChI is InChI=1S/C25H31N3O2/c1-24(2,26)23(30)27-21-10-6-4-8-19(21)17-22(29)28-15-13-25(14-16-28)12-11-18-7-3-5-9-20(18)25/h3-10H,11-17,26H2,1-2H3,(H,27,30). The first-order valence-corrected chi connectivity index (χ1v) is 10.8. The molecule has 4 rings (SSSR count). The maximum Gasteiger partial charge on any atom is 0.243 e. The molecule has 30 heavy (non-hydrogen) atoms. The molecule has 0 bridgehead atoms. The molecule has 1 spiro atoms. The Bertz CT molecular complexity index is 953. The highest BCUT2D eigenvalue weighted by Crippen LogP contribution is 2.46. The van der Waals surface area contributed by atoms with Crippen molar-refractivity contribution >= 4 is 17.5 Å². The molecule has 1 aliphatic carbocycles. The molecular weight excluding hydrogens is 374 g/mol. The fraction of sp³-hybridized carbons (Fsp3) is 0.440. The van der Waals surface area contributed by atoms with Crippen molar-refractivity contribution in [2.24, 2.45) is 5.73 Å². The molecule has 1 fully saturated rings. The third-order valence-electron chi connectivity index (χ3n) is 6.73. The number of nitrogens with zero attached hydrogens (tertiary/aromatic N) is 1. The van der Waals surface area contributed by atoms with Gasteiger partial charge in [0, 0.05) is 18.8 Å². The number of fused-ring (bicyclic) bond motifs is 2. The van der Waals surface area contributed by atoms with Crippen molar-refractivity contribution in [3.63, 3.8) is 0 Å². The summed E-state index contributed by atoms with van der Waals surface area (Å²) in [6.45, 7) is 4.91. The van der Waals surface area contributed by atoms with Crippen molar-refractivity contribution < 1.29 is 9.59 Å². The molecule has 2 amide bonds. The van der Waals surface area contributed by atoms with Crippen LogP contribution < -0.4 is 11.1 Å². The second-order valence-electron chi connectivity index (χ2n) is 9.33. The Hall–Kier alpha value is -2.66. The molecule has 1 heterocycles. The molecule has 2 aliphatic rings. The zero-order chi connectivity index (χ0) is 21.4. The number of nitrogens with two attached hydrogens (primary N) is 1. The summed E-state index contributed by atoms with van der Waals surface area (Å²) in [5.41, 5.74) is 9.62. The average molecular weight is 406 g/mol. The maximum atomic E-state index is 13.0. The summed E-state index contributed by atoms with van der Waals surface area (Å²) < 4.78 is 0. The summed E-state index contributed by atoms with van der Waals surface area (Å²) in [5, 5.41) is 2.87. The Morgan fingerprint density at radius 3 is 2.43 bits per heavy atom. The van der Waals surface area contributed by atoms with Crippen LogP contribution in [0.25, 0.3) is 0 Å². The van der Waals surface area contributed by atoms with Crippen LogP contribution in [0.1, 0.15) is 49.8 Å². The van der Waals surface area contributed by atoms with Gasteiger partial charge in [-0.2, -0.15) is 0 Å². The van der Waals surface area contributed by atoms with Crippen LogP contribution in [0.3, 0.4) is 0 Å². The van der Waals surface area contributed by atoms with Crippen LogP contribution in [0.5, 0.6) is 0 Å². The van der Waals surface area contributed by atoms with E-state index in [4.69, 9.17) is 5.73 Å². The lowest BCUT2D eigenvalue weighted by Gasteiger charge is -2.40. The van der Waals surface area contributed by atoms with Crippen molar-refractivity contribution in [1.82, 2.24) is 4.90 Å². The van der Waals surface area contributed by atoms with Gasteiger partial charge in [-0.05, 0) is 67.7 Å². The van der Waals surface area contributed by atoms with Gasteiger partial charge >= 0.3 is 0 Å². The van der Waals surface area contributed by atoms with E-state index in [0.717, 1.165) is 37.9 Å². The molecule has 5 heteroatoms. The number of hydrogen-bond donors (Lipinski definition) is 2. The Balaban J connectivity index is 1.41. The molecule has 2 aromatic carbocycles. The van der Waals surface area contributed by atoms with Crippen molar-refractivity contribution in [2.75, 3.05) is 18.4 Å². The van der Waals surface area contributed by atoms with Crippen LogP contribution in [0.15, 0.2) is 48.5 Å². The van der Waals surface area contributed by atoms with Crippen molar-refractivity contribution in [1.29, 1.82) is 0 Å². The Labute approximate surface area is 178 Å². The molecule has 1 saturated heterocycles. The minimum atomic E-state index is -0.976. The van der Waals surface area contributed by atoms with Crippen molar-refractivity contribution in [2.45, 2.75) is 56.9 Å². The van der Waals surface area contributed by atoms with E-state index in [1.807, 2.05) is 29.2 Å². The number of carbonyl (C=O) groups excluding carboxylic acids is 2. The summed E-state index contributed by atoms with van der Waals surface area (Å²) >= 11 is 0. The topological polar surface area (TPSA) is 75.4 Å². The number of amides is 2. The molecule has 2 aromatic rings. The van der Waals surface area contributed by atoms with Gasteiger partial charge in [0.05, 0.1) is 12.0 Å². The largest absolute Gasteiger partial charge is 0.342 e. The van der Waals surface area contributed by atoms with Crippen molar-refractivity contribution in [3.05, 3.63) is 65.2 Å². The van der Waals surface area contributed by atoms with E-state index in [1.54, 1.807) is 13.8 Å². The van der Waals surface area contributed by atoms with Gasteiger partial charge < -0.3 is 16.0 Å². The third kappa shape index (κ3) is 3.99. The third-order valence-corrected chi connectivity index (χ3v) is 6.73. The first kappa shape index (κ1) is 20.6. The number of rotatable bonds is 4. The zero-order valence-corrected chi connectivity index (χ0v) is 17.9. The monoisotopic (exact) mass is 405 g/mol. The van der Waals surface area contributed by atoms with Crippen LogP contribution in [0, 0.1) is 0 Å². The smallest absolute Gasteiger partial charge is 0.243 e. The van der Waals surface area contributed by atoms with Gasteiger partial charge in [0.15, 0.2) is 0 Å². The second kappa shape index (κ2) is 7.88. The van der Waals surface area contributed by atoms with E-state index in [0.29, 0.717) is 5.69 Å². The first-order valence-electron chi connectivity index (χ1n) is 10.8. The van der Waals surface area contributed by atoms with Crippen molar-refractivity contribution in [3.8, 4) is 0 Å². The average Bonchev–Trinajstić information content (AvgIpc) is 3.07. The van der Waals surface area contributed by atoms with Gasteiger partial charge in [0.25, 0.3) is 0 Å². The Kier molecular flexibility index (Phi) is 5.41. The van der Waals surface area contributed by atoms with Gasteiger partial charge in [0.2, 0.25) is 11.8 Å². The fourth-order valence-corrected chi connectivity index (χ4v) is 4.82. The van der Waals surface area contributed by atoms with E-state index in [1.165, 1.54) is 17.5 Å². The van der Waals surface area contributed by atoms with Gasteiger partial charge in [-0.25, -0.2) is 0 Å². The lowest BCUT2D eigenvalue weighted by atomic mass is 9.74. The number of anilines is 1. The predicted octanol–water partition coefficient (Wildman–Crippen LogP) is 3.41. The minimum absolute atomic E-state index is 0.116. The number of aryl methyl sites for hydroxylation is 1. The van der Waals surface area contributed by atoms with Gasteiger partial charge in [-0.1, -0.05) is 42.5 Å². The highest BCUT2D eigenvalue weighted by molar-refractivity contribution is 5.98. The normalized spacial score (nSPS) is 17.6. The minimum Gasteiger partial charge on any atom is -0.342 e. The Morgan fingerprint density at radius 2 is 1.70 bits per heavy atom. The molecular formula is C25H31N3O2. The molecule has 0 aromatic heterocycles. The van der Waals surface area contributed by atoms with Crippen LogP contribution in [-0.2, 0) is 27.8 Å². The molecule has 3 N–H and O–H groups in total. The van der Waals surface area contributed by atoms with Crippen LogP contribution >= 0.6 is 0 Å². The van der Waals surface area contributed by atoms with E-state index in [9.17, 15) is 9.59 Å². The number of benzene rings is 2. The van der Waals surface area contributed by atoms with Crippen LogP contribution in [0.2, 0.25) is 0 Å². The summed E-state index contributed by atoms with van der Waals surface area (Å²) in [7, 11) is 0. The van der Waals surface area contributed by atoms with Gasteiger partial charge in [-0.3, -0.25) is 9.59 Å². The van der Waals surface area contributed by atoms with E-state index in [-0.39, 0.29) is 23.7 Å². The van der Waals surface area contributed by atoms with E-state index < -0.39 is 5.54 Å². The molecule has 1 aliphatic heterocycles. The summed E-state index contributed by atoms with van der Waals surface area (Å²) in [6.07, 6.45) is 4.67. The number of carbonyl (C=O) groups is 2. The predicted molar refractivity (Wildman–Crippen MR) is 119 cm³/mol. The highest BCUT2D eigenvalue weighted by atomic mass is 16.2. The SMILES string of the molecule is CC(C)(N)C(=O)Nc1ccccc1CC(=O)N1CCC2(CCc3ccccc32)CC1. The summed E-state index contributed by atoms with van der Waals surface area (Å²) in [6, 6.07) is 16.3. The second-order valence-corrected chi connectivity index (χ2v) is 9.33. The van der Waals surface area contributed by atoms with Crippen LogP contribution in [-0.4, -0.2) is 35.3 Å². The molecule has 0 radical (unpaired) electrons. The lowest BCUT2D eigenvalue weighted by molar-refractivity contribution is -0.132. The maximum absolute atomic E-state index is 13.0. The Morgan fingerprint density at radius 1 is 1.03 bits per heavy atom. The molecule has 5 nitrogen and oxygen atoms in total. The highest BCUT2D eigenvalue weighted by Gasteiger charge is 2.41. The summed E-state index contributed by atoms with van der Waals surface area (Å²) in [4.78, 5) is 27.3. The summed E-state index contributed by atoms with van der Waals surface area (Å²) in [5.74, 6) is -0.146. The first-order chi connectivity index (χ1) is 14.3. The zero-order valence-electron chi connectivity index (χ0n) is 17.9. The molecule has 0 saturated carbocycles. The van der Waals surface area contributed by atoms with E-state index >= 15 is 0 Å².